The lowest BCUT2D eigenvalue weighted by atomic mass is 10.2. The molecule has 0 spiro atoms. The maximum absolute atomic E-state index is 5.85. The number of nitrogens with zero attached hydrogens (tertiary/aromatic N) is 2. The predicted molar refractivity (Wildman–Crippen MR) is 81.7 cm³/mol. The summed E-state index contributed by atoms with van der Waals surface area (Å²) in [6.07, 6.45) is 0.921. The molecule has 3 rings (SSSR count). The van der Waals surface area contributed by atoms with E-state index in [1.165, 1.54) is 4.88 Å². The van der Waals surface area contributed by atoms with E-state index in [2.05, 4.69) is 42.0 Å². The summed E-state index contributed by atoms with van der Waals surface area (Å²) in [6, 6.07) is 10.6. The van der Waals surface area contributed by atoms with Crippen LogP contribution in [0.15, 0.2) is 35.7 Å². The zero-order valence-electron chi connectivity index (χ0n) is 11.1. The largest absolute Gasteiger partial charge is 0.399 e. The second-order valence-corrected chi connectivity index (χ2v) is 5.67. The van der Waals surface area contributed by atoms with Gasteiger partial charge in [0.2, 0.25) is 0 Å². The number of hydrogen-bond donors (Lipinski definition) is 1. The van der Waals surface area contributed by atoms with E-state index < -0.39 is 0 Å². The van der Waals surface area contributed by atoms with E-state index in [1.807, 2.05) is 12.1 Å². The Hall–Kier alpha value is -1.81. The van der Waals surface area contributed by atoms with E-state index in [0.29, 0.717) is 6.04 Å². The number of anilines is 1. The minimum atomic E-state index is 0.309. The Morgan fingerprint density at radius 3 is 2.89 bits per heavy atom. The highest BCUT2D eigenvalue weighted by Gasteiger charge is 2.16. The van der Waals surface area contributed by atoms with Crippen molar-refractivity contribution in [1.82, 2.24) is 9.55 Å². The Kier molecular flexibility index (Phi) is 3.03. The Balaban J connectivity index is 2.21. The van der Waals surface area contributed by atoms with Crippen molar-refractivity contribution in [2.75, 3.05) is 5.73 Å². The fourth-order valence-corrected chi connectivity index (χ4v) is 3.28. The molecule has 2 aromatic heterocycles. The molecule has 0 bridgehead atoms. The number of aryl methyl sites for hydroxylation is 1. The van der Waals surface area contributed by atoms with Crippen LogP contribution in [0.1, 0.15) is 30.6 Å². The molecule has 0 aliphatic rings. The molecular weight excluding hydrogens is 254 g/mol. The maximum Gasteiger partial charge on any atom is 0.110 e. The van der Waals surface area contributed by atoms with E-state index in [9.17, 15) is 0 Å². The molecule has 2 heterocycles. The second kappa shape index (κ2) is 4.70. The maximum atomic E-state index is 5.85. The Bertz CT molecular complexity index is 698. The summed E-state index contributed by atoms with van der Waals surface area (Å²) >= 11 is 1.79. The summed E-state index contributed by atoms with van der Waals surface area (Å²) in [7, 11) is 0. The van der Waals surface area contributed by atoms with Gasteiger partial charge in [-0.15, -0.1) is 11.3 Å². The number of thiophene rings is 1. The average molecular weight is 271 g/mol. The van der Waals surface area contributed by atoms with Gasteiger partial charge in [0.25, 0.3) is 0 Å². The fourth-order valence-electron chi connectivity index (χ4n) is 2.50. The highest BCUT2D eigenvalue weighted by Crippen LogP contribution is 2.29. The van der Waals surface area contributed by atoms with E-state index >= 15 is 0 Å². The van der Waals surface area contributed by atoms with Crippen LogP contribution >= 0.6 is 11.3 Å². The number of rotatable bonds is 3. The molecule has 0 aliphatic heterocycles. The van der Waals surface area contributed by atoms with Gasteiger partial charge in [0.1, 0.15) is 5.82 Å². The first kappa shape index (κ1) is 12.2. The van der Waals surface area contributed by atoms with E-state index in [4.69, 9.17) is 10.7 Å². The SMILES string of the molecule is CCc1nc2cc(N)ccc2n1C(C)c1cccs1. The molecule has 0 saturated heterocycles. The van der Waals surface area contributed by atoms with E-state index in [0.717, 1.165) is 29.0 Å². The van der Waals surface area contributed by atoms with Crippen LogP contribution in [0.3, 0.4) is 0 Å². The van der Waals surface area contributed by atoms with Gasteiger partial charge in [-0.3, -0.25) is 0 Å². The van der Waals surface area contributed by atoms with Crippen LogP contribution < -0.4 is 5.73 Å². The normalized spacial score (nSPS) is 12.9. The minimum Gasteiger partial charge on any atom is -0.399 e. The van der Waals surface area contributed by atoms with Gasteiger partial charge in [-0.25, -0.2) is 4.98 Å². The number of aromatic nitrogens is 2. The van der Waals surface area contributed by atoms with Crippen molar-refractivity contribution < 1.29 is 0 Å². The molecule has 0 fully saturated rings. The summed E-state index contributed by atoms with van der Waals surface area (Å²) in [5, 5.41) is 2.12. The predicted octanol–water partition coefficient (Wildman–Crippen LogP) is 3.85. The molecule has 1 aromatic carbocycles. The van der Waals surface area contributed by atoms with Gasteiger partial charge in [-0.1, -0.05) is 13.0 Å². The number of nitrogens with two attached hydrogens (primary N) is 1. The van der Waals surface area contributed by atoms with Crippen LogP contribution in [-0.4, -0.2) is 9.55 Å². The summed E-state index contributed by atoms with van der Waals surface area (Å²) in [5.74, 6) is 1.11. The molecule has 1 atom stereocenters. The van der Waals surface area contributed by atoms with E-state index in [-0.39, 0.29) is 0 Å². The third-order valence-corrected chi connectivity index (χ3v) is 4.49. The highest BCUT2D eigenvalue weighted by atomic mass is 32.1. The molecule has 0 aliphatic carbocycles. The van der Waals surface area contributed by atoms with Gasteiger partial charge >= 0.3 is 0 Å². The average Bonchev–Trinajstić information content (AvgIpc) is 3.04. The molecule has 19 heavy (non-hydrogen) atoms. The molecule has 0 amide bonds. The van der Waals surface area contributed by atoms with Crippen molar-refractivity contribution in [1.29, 1.82) is 0 Å². The highest BCUT2D eigenvalue weighted by molar-refractivity contribution is 7.10. The number of nitrogen functional groups attached to an aromatic ring is 1. The lowest BCUT2D eigenvalue weighted by Gasteiger charge is -2.15. The standard InChI is InChI=1S/C15H17N3S/c1-3-15-17-12-9-11(16)6-7-13(12)18(15)10(2)14-5-4-8-19-14/h4-10H,3,16H2,1-2H3. The molecule has 0 saturated carbocycles. The smallest absolute Gasteiger partial charge is 0.110 e. The van der Waals surface area contributed by atoms with Crippen molar-refractivity contribution in [2.24, 2.45) is 0 Å². The quantitative estimate of drug-likeness (QED) is 0.735. The van der Waals surface area contributed by atoms with Gasteiger partial charge in [-0.2, -0.15) is 0 Å². The number of imidazole rings is 1. The van der Waals surface area contributed by atoms with Crippen molar-refractivity contribution in [3.63, 3.8) is 0 Å². The first-order chi connectivity index (χ1) is 9.20. The van der Waals surface area contributed by atoms with Crippen molar-refractivity contribution in [3.05, 3.63) is 46.4 Å². The zero-order chi connectivity index (χ0) is 13.4. The second-order valence-electron chi connectivity index (χ2n) is 4.69. The van der Waals surface area contributed by atoms with E-state index in [1.54, 1.807) is 11.3 Å². The summed E-state index contributed by atoms with van der Waals surface area (Å²) in [5.41, 5.74) is 8.76. The number of hydrogen-bond acceptors (Lipinski definition) is 3. The number of benzene rings is 1. The molecule has 1 unspecified atom stereocenters. The summed E-state index contributed by atoms with van der Waals surface area (Å²) in [4.78, 5) is 6.06. The molecule has 2 N–H and O–H groups in total. The molecule has 0 radical (unpaired) electrons. The van der Waals surface area contributed by atoms with Crippen LogP contribution in [-0.2, 0) is 6.42 Å². The third kappa shape index (κ3) is 2.02. The third-order valence-electron chi connectivity index (χ3n) is 3.45. The first-order valence-corrected chi connectivity index (χ1v) is 7.38. The lowest BCUT2D eigenvalue weighted by molar-refractivity contribution is 0.632. The van der Waals surface area contributed by atoms with Crippen LogP contribution in [0.4, 0.5) is 5.69 Å². The van der Waals surface area contributed by atoms with Gasteiger partial charge in [0.15, 0.2) is 0 Å². The lowest BCUT2D eigenvalue weighted by Crippen LogP contribution is -2.08. The Morgan fingerprint density at radius 1 is 1.37 bits per heavy atom. The molecule has 4 heteroatoms. The monoisotopic (exact) mass is 271 g/mol. The summed E-state index contributed by atoms with van der Waals surface area (Å²) in [6.45, 7) is 4.37. The summed E-state index contributed by atoms with van der Waals surface area (Å²) < 4.78 is 2.32. The van der Waals surface area contributed by atoms with Crippen molar-refractivity contribution in [2.45, 2.75) is 26.3 Å². The first-order valence-electron chi connectivity index (χ1n) is 6.50. The van der Waals surface area contributed by atoms with Crippen LogP contribution in [0.25, 0.3) is 11.0 Å². The fraction of sp³-hybridized carbons (Fsp3) is 0.267. The number of fused-ring (bicyclic) bond motifs is 1. The van der Waals surface area contributed by atoms with Gasteiger partial charge in [0.05, 0.1) is 17.1 Å². The van der Waals surface area contributed by atoms with Crippen LogP contribution in [0.2, 0.25) is 0 Å². The minimum absolute atomic E-state index is 0.309. The van der Waals surface area contributed by atoms with Crippen LogP contribution in [0, 0.1) is 0 Å². The van der Waals surface area contributed by atoms with Crippen LogP contribution in [0.5, 0.6) is 0 Å². The van der Waals surface area contributed by atoms with Crippen molar-refractivity contribution in [3.8, 4) is 0 Å². The topological polar surface area (TPSA) is 43.8 Å². The van der Waals surface area contributed by atoms with Gasteiger partial charge in [-0.05, 0) is 36.6 Å². The molecule has 98 valence electrons. The zero-order valence-corrected chi connectivity index (χ0v) is 11.9. The van der Waals surface area contributed by atoms with Crippen molar-refractivity contribution >= 4 is 28.1 Å². The molecule has 3 nitrogen and oxygen atoms in total. The molecular formula is C15H17N3S. The Labute approximate surface area is 116 Å². The Morgan fingerprint density at radius 2 is 2.21 bits per heavy atom. The van der Waals surface area contributed by atoms with Gasteiger partial charge in [0, 0.05) is 17.0 Å². The molecule has 3 aromatic rings. The van der Waals surface area contributed by atoms with Gasteiger partial charge < -0.3 is 10.3 Å².